The largest absolute Gasteiger partial charge is 0.489 e. The van der Waals surface area contributed by atoms with Crippen molar-refractivity contribution in [2.45, 2.75) is 38.2 Å². The third-order valence-corrected chi connectivity index (χ3v) is 3.86. The summed E-state index contributed by atoms with van der Waals surface area (Å²) in [6.45, 7) is 2.79. The van der Waals surface area contributed by atoms with Gasteiger partial charge in [0.05, 0.1) is 12.7 Å². The standard InChI is InChI=1S/C15H19BO2/c1-12-11-17-16(18-12)15-9-7-14(8-10-15)13-5-3-2-4-6-13/h2-6,9,12,14H,7-8,10-11H2,1H3. The third-order valence-electron chi connectivity index (χ3n) is 3.86. The molecule has 0 spiro atoms. The Balaban J connectivity index is 1.65. The lowest BCUT2D eigenvalue weighted by Gasteiger charge is -2.23. The molecule has 0 N–H and O–H groups in total. The molecule has 3 heteroatoms. The Kier molecular flexibility index (Phi) is 3.53. The van der Waals surface area contributed by atoms with Gasteiger partial charge in [0, 0.05) is 0 Å². The maximum Gasteiger partial charge on any atom is 0.489 e. The van der Waals surface area contributed by atoms with E-state index in [1.165, 1.54) is 17.5 Å². The van der Waals surface area contributed by atoms with Gasteiger partial charge in [-0.1, -0.05) is 36.4 Å². The number of allylic oxidation sites excluding steroid dienone is 2. The van der Waals surface area contributed by atoms with Crippen LogP contribution < -0.4 is 0 Å². The quantitative estimate of drug-likeness (QED) is 0.740. The van der Waals surface area contributed by atoms with E-state index >= 15 is 0 Å². The molecule has 0 bridgehead atoms. The predicted octanol–water partition coefficient (Wildman–Crippen LogP) is 3.34. The highest BCUT2D eigenvalue weighted by molar-refractivity contribution is 6.54. The molecule has 0 aromatic heterocycles. The summed E-state index contributed by atoms with van der Waals surface area (Å²) in [7, 11) is -0.0725. The lowest BCUT2D eigenvalue weighted by atomic mass is 9.70. The molecule has 94 valence electrons. The smallest absolute Gasteiger partial charge is 0.405 e. The Bertz CT molecular complexity index is 429. The van der Waals surface area contributed by atoms with Crippen LogP contribution in [0.3, 0.4) is 0 Å². The predicted molar refractivity (Wildman–Crippen MR) is 73.4 cm³/mol. The van der Waals surface area contributed by atoms with Gasteiger partial charge in [-0.05, 0) is 43.1 Å². The number of benzene rings is 1. The minimum atomic E-state index is -0.0725. The van der Waals surface area contributed by atoms with E-state index in [1.54, 1.807) is 0 Å². The van der Waals surface area contributed by atoms with Gasteiger partial charge in [0.25, 0.3) is 0 Å². The highest BCUT2D eigenvalue weighted by Crippen LogP contribution is 2.33. The number of hydrogen-bond acceptors (Lipinski definition) is 2. The van der Waals surface area contributed by atoms with Gasteiger partial charge >= 0.3 is 7.12 Å². The van der Waals surface area contributed by atoms with Gasteiger partial charge in [-0.3, -0.25) is 0 Å². The van der Waals surface area contributed by atoms with E-state index in [0.717, 1.165) is 19.4 Å². The Morgan fingerprint density at radius 2 is 2.06 bits per heavy atom. The van der Waals surface area contributed by atoms with Crippen LogP contribution in [0.25, 0.3) is 0 Å². The van der Waals surface area contributed by atoms with Gasteiger partial charge in [0.1, 0.15) is 0 Å². The maximum absolute atomic E-state index is 5.75. The van der Waals surface area contributed by atoms with Crippen molar-refractivity contribution in [2.75, 3.05) is 6.61 Å². The van der Waals surface area contributed by atoms with Crippen LogP contribution >= 0.6 is 0 Å². The molecule has 1 fully saturated rings. The average molecular weight is 242 g/mol. The molecule has 1 saturated heterocycles. The van der Waals surface area contributed by atoms with E-state index in [0.29, 0.717) is 5.92 Å². The molecule has 18 heavy (non-hydrogen) atoms. The first-order valence-corrected chi connectivity index (χ1v) is 6.84. The third kappa shape index (κ3) is 2.52. The van der Waals surface area contributed by atoms with E-state index in [2.05, 4.69) is 43.3 Å². The zero-order chi connectivity index (χ0) is 12.4. The van der Waals surface area contributed by atoms with Gasteiger partial charge in [-0.2, -0.15) is 0 Å². The van der Waals surface area contributed by atoms with E-state index < -0.39 is 0 Å². The minimum absolute atomic E-state index is 0.0725. The van der Waals surface area contributed by atoms with Crippen molar-refractivity contribution in [3.63, 3.8) is 0 Å². The van der Waals surface area contributed by atoms with Gasteiger partial charge in [-0.25, -0.2) is 0 Å². The molecule has 0 radical (unpaired) electrons. The Morgan fingerprint density at radius 1 is 1.22 bits per heavy atom. The maximum atomic E-state index is 5.75. The molecule has 2 nitrogen and oxygen atoms in total. The van der Waals surface area contributed by atoms with Gasteiger partial charge in [0.15, 0.2) is 0 Å². The molecular formula is C15H19BO2. The van der Waals surface area contributed by atoms with Crippen molar-refractivity contribution in [2.24, 2.45) is 0 Å². The van der Waals surface area contributed by atoms with Crippen LogP contribution in [0.4, 0.5) is 0 Å². The van der Waals surface area contributed by atoms with Crippen LogP contribution in [-0.4, -0.2) is 19.8 Å². The number of hydrogen-bond donors (Lipinski definition) is 0. The number of rotatable bonds is 2. The molecule has 0 saturated carbocycles. The first kappa shape index (κ1) is 12.0. The van der Waals surface area contributed by atoms with Gasteiger partial charge < -0.3 is 9.31 Å². The first-order chi connectivity index (χ1) is 8.83. The van der Waals surface area contributed by atoms with Crippen LogP contribution in [0.15, 0.2) is 41.9 Å². The summed E-state index contributed by atoms with van der Waals surface area (Å²) in [4.78, 5) is 0. The SMILES string of the molecule is CC1COB(C2=CCC(c3ccccc3)CC2)O1. The Morgan fingerprint density at radius 3 is 2.67 bits per heavy atom. The molecule has 1 aromatic rings. The summed E-state index contributed by atoms with van der Waals surface area (Å²) < 4.78 is 11.4. The first-order valence-electron chi connectivity index (χ1n) is 6.84. The van der Waals surface area contributed by atoms with Crippen LogP contribution in [0, 0.1) is 0 Å². The van der Waals surface area contributed by atoms with Gasteiger partial charge in [-0.15, -0.1) is 0 Å². The van der Waals surface area contributed by atoms with Crippen molar-refractivity contribution in [3.8, 4) is 0 Å². The fourth-order valence-corrected chi connectivity index (χ4v) is 2.80. The molecular weight excluding hydrogens is 223 g/mol. The fourth-order valence-electron chi connectivity index (χ4n) is 2.80. The molecule has 1 aliphatic heterocycles. The highest BCUT2D eigenvalue weighted by Gasteiger charge is 2.34. The van der Waals surface area contributed by atoms with E-state index in [1.807, 2.05) is 0 Å². The molecule has 2 atom stereocenters. The lowest BCUT2D eigenvalue weighted by Crippen LogP contribution is -2.22. The monoisotopic (exact) mass is 242 g/mol. The Labute approximate surface area is 109 Å². The molecule has 2 aliphatic rings. The normalized spacial score (nSPS) is 28.3. The summed E-state index contributed by atoms with van der Waals surface area (Å²) in [5.74, 6) is 0.661. The lowest BCUT2D eigenvalue weighted by molar-refractivity contribution is 0.257. The average Bonchev–Trinajstić information content (AvgIpc) is 2.87. The van der Waals surface area contributed by atoms with Crippen molar-refractivity contribution in [1.82, 2.24) is 0 Å². The van der Waals surface area contributed by atoms with Crippen LogP contribution in [0.1, 0.15) is 37.7 Å². The minimum Gasteiger partial charge on any atom is -0.405 e. The topological polar surface area (TPSA) is 18.5 Å². The fraction of sp³-hybridized carbons (Fsp3) is 0.467. The van der Waals surface area contributed by atoms with Crippen molar-refractivity contribution in [1.29, 1.82) is 0 Å². The highest BCUT2D eigenvalue weighted by atomic mass is 16.6. The molecule has 3 rings (SSSR count). The summed E-state index contributed by atoms with van der Waals surface area (Å²) >= 11 is 0. The second-order valence-electron chi connectivity index (χ2n) is 5.27. The van der Waals surface area contributed by atoms with Crippen LogP contribution in [0.5, 0.6) is 0 Å². The summed E-state index contributed by atoms with van der Waals surface area (Å²) in [6.07, 6.45) is 5.97. The second kappa shape index (κ2) is 5.29. The Hall–Kier alpha value is -1.06. The molecule has 1 aromatic carbocycles. The molecule has 1 aliphatic carbocycles. The second-order valence-corrected chi connectivity index (χ2v) is 5.27. The van der Waals surface area contributed by atoms with Crippen LogP contribution in [-0.2, 0) is 9.31 Å². The molecule has 1 heterocycles. The summed E-state index contributed by atoms with van der Waals surface area (Å²) in [5.41, 5.74) is 2.79. The van der Waals surface area contributed by atoms with Gasteiger partial charge in [0.2, 0.25) is 0 Å². The molecule has 2 unspecified atom stereocenters. The zero-order valence-electron chi connectivity index (χ0n) is 10.8. The molecule has 0 amide bonds. The van der Waals surface area contributed by atoms with E-state index in [-0.39, 0.29) is 13.2 Å². The van der Waals surface area contributed by atoms with Crippen molar-refractivity contribution < 1.29 is 9.31 Å². The summed E-state index contributed by atoms with van der Waals surface area (Å²) in [5, 5.41) is 0. The van der Waals surface area contributed by atoms with E-state index in [9.17, 15) is 0 Å². The zero-order valence-corrected chi connectivity index (χ0v) is 10.8. The van der Waals surface area contributed by atoms with Crippen molar-refractivity contribution >= 4 is 7.12 Å². The van der Waals surface area contributed by atoms with Crippen molar-refractivity contribution in [3.05, 3.63) is 47.4 Å². The summed E-state index contributed by atoms with van der Waals surface area (Å²) in [6, 6.07) is 10.8. The van der Waals surface area contributed by atoms with E-state index in [4.69, 9.17) is 9.31 Å². The van der Waals surface area contributed by atoms with Crippen LogP contribution in [0.2, 0.25) is 0 Å².